The van der Waals surface area contributed by atoms with Crippen molar-refractivity contribution in [2.24, 2.45) is 11.7 Å². The van der Waals surface area contributed by atoms with Gasteiger partial charge in [-0.15, -0.1) is 10.2 Å². The largest absolute Gasteiger partial charge is 0.424 e. The molecular weight excluding hydrogens is 202 g/mol. The summed E-state index contributed by atoms with van der Waals surface area (Å²) < 4.78 is 5.49. The van der Waals surface area contributed by atoms with E-state index in [1.807, 2.05) is 6.92 Å². The Labute approximate surface area is 96.6 Å². The zero-order chi connectivity index (χ0) is 11.4. The van der Waals surface area contributed by atoms with Gasteiger partial charge in [0.25, 0.3) is 0 Å². The molecule has 2 N–H and O–H groups in total. The highest BCUT2D eigenvalue weighted by Gasteiger charge is 2.15. The second-order valence-electron chi connectivity index (χ2n) is 4.87. The van der Waals surface area contributed by atoms with Gasteiger partial charge in [-0.05, 0) is 19.3 Å². The minimum Gasteiger partial charge on any atom is -0.424 e. The average Bonchev–Trinajstić information content (AvgIpc) is 2.76. The van der Waals surface area contributed by atoms with Crippen LogP contribution >= 0.6 is 0 Å². The first-order valence-corrected chi connectivity index (χ1v) is 6.33. The van der Waals surface area contributed by atoms with Crippen LogP contribution in [0.2, 0.25) is 0 Å². The SMILES string of the molecule is CC(N)c1nnc(CCC2CCCCC2)o1. The van der Waals surface area contributed by atoms with Crippen molar-refractivity contribution in [3.05, 3.63) is 11.8 Å². The van der Waals surface area contributed by atoms with E-state index in [-0.39, 0.29) is 6.04 Å². The highest BCUT2D eigenvalue weighted by Crippen LogP contribution is 2.27. The third kappa shape index (κ3) is 3.04. The molecule has 1 aliphatic carbocycles. The topological polar surface area (TPSA) is 64.9 Å². The molecule has 1 aliphatic rings. The monoisotopic (exact) mass is 223 g/mol. The lowest BCUT2D eigenvalue weighted by Gasteiger charge is -2.20. The summed E-state index contributed by atoms with van der Waals surface area (Å²) in [5.74, 6) is 2.16. The molecule has 4 nitrogen and oxygen atoms in total. The Morgan fingerprint density at radius 3 is 2.69 bits per heavy atom. The van der Waals surface area contributed by atoms with E-state index in [1.165, 1.54) is 38.5 Å². The molecule has 2 rings (SSSR count). The molecule has 0 aliphatic heterocycles. The van der Waals surface area contributed by atoms with Crippen LogP contribution in [0.1, 0.15) is 63.3 Å². The summed E-state index contributed by atoms with van der Waals surface area (Å²) >= 11 is 0. The number of rotatable bonds is 4. The van der Waals surface area contributed by atoms with Crippen molar-refractivity contribution in [2.45, 2.75) is 57.9 Å². The standard InChI is InChI=1S/C12H21N3O/c1-9(13)12-15-14-11(16-12)8-7-10-5-3-2-4-6-10/h9-10H,2-8,13H2,1H3. The van der Waals surface area contributed by atoms with E-state index in [0.717, 1.165) is 18.2 Å². The highest BCUT2D eigenvalue weighted by molar-refractivity contribution is 4.87. The van der Waals surface area contributed by atoms with E-state index in [1.54, 1.807) is 0 Å². The van der Waals surface area contributed by atoms with Gasteiger partial charge in [0.15, 0.2) is 0 Å². The van der Waals surface area contributed by atoms with Crippen molar-refractivity contribution >= 4 is 0 Å². The number of hydrogen-bond acceptors (Lipinski definition) is 4. The van der Waals surface area contributed by atoms with Gasteiger partial charge in [0.1, 0.15) is 0 Å². The van der Waals surface area contributed by atoms with Crippen LogP contribution in [-0.2, 0) is 6.42 Å². The van der Waals surface area contributed by atoms with Crippen LogP contribution in [-0.4, -0.2) is 10.2 Å². The smallest absolute Gasteiger partial charge is 0.232 e. The van der Waals surface area contributed by atoms with Gasteiger partial charge in [0.05, 0.1) is 6.04 Å². The first kappa shape index (κ1) is 11.6. The number of aromatic nitrogens is 2. The summed E-state index contributed by atoms with van der Waals surface area (Å²) in [6, 6.07) is -0.157. The van der Waals surface area contributed by atoms with E-state index in [4.69, 9.17) is 10.2 Å². The second-order valence-corrected chi connectivity index (χ2v) is 4.87. The van der Waals surface area contributed by atoms with Gasteiger partial charge in [0.2, 0.25) is 11.8 Å². The van der Waals surface area contributed by atoms with Gasteiger partial charge in [-0.1, -0.05) is 32.1 Å². The Balaban J connectivity index is 1.79. The first-order valence-electron chi connectivity index (χ1n) is 6.33. The van der Waals surface area contributed by atoms with Gasteiger partial charge < -0.3 is 10.2 Å². The van der Waals surface area contributed by atoms with Crippen LogP contribution in [0.5, 0.6) is 0 Å². The van der Waals surface area contributed by atoms with Crippen LogP contribution in [0.4, 0.5) is 0 Å². The molecule has 1 fully saturated rings. The van der Waals surface area contributed by atoms with Crippen LogP contribution in [0.25, 0.3) is 0 Å². The fourth-order valence-corrected chi connectivity index (χ4v) is 2.36. The Bertz CT molecular complexity index is 316. The van der Waals surface area contributed by atoms with Crippen molar-refractivity contribution in [3.63, 3.8) is 0 Å². The molecule has 0 bridgehead atoms. The molecule has 0 radical (unpaired) electrons. The molecule has 1 aromatic rings. The zero-order valence-electron chi connectivity index (χ0n) is 9.98. The first-order chi connectivity index (χ1) is 7.75. The van der Waals surface area contributed by atoms with Gasteiger partial charge >= 0.3 is 0 Å². The maximum absolute atomic E-state index is 5.67. The molecule has 90 valence electrons. The molecule has 0 spiro atoms. The fraction of sp³-hybridized carbons (Fsp3) is 0.833. The lowest BCUT2D eigenvalue weighted by molar-refractivity contribution is 0.324. The van der Waals surface area contributed by atoms with Crippen LogP contribution in [0.3, 0.4) is 0 Å². The second kappa shape index (κ2) is 5.43. The third-order valence-corrected chi connectivity index (χ3v) is 3.36. The fourth-order valence-electron chi connectivity index (χ4n) is 2.36. The van der Waals surface area contributed by atoms with E-state index in [2.05, 4.69) is 10.2 Å². The summed E-state index contributed by atoms with van der Waals surface area (Å²) in [6.45, 7) is 1.86. The predicted octanol–water partition coefficient (Wildman–Crippen LogP) is 2.60. The van der Waals surface area contributed by atoms with E-state index >= 15 is 0 Å². The van der Waals surface area contributed by atoms with E-state index in [0.29, 0.717) is 5.89 Å². The van der Waals surface area contributed by atoms with Gasteiger partial charge in [0, 0.05) is 6.42 Å². The van der Waals surface area contributed by atoms with Crippen LogP contribution < -0.4 is 5.73 Å². The molecule has 0 aromatic carbocycles. The maximum Gasteiger partial charge on any atom is 0.232 e. The summed E-state index contributed by atoms with van der Waals surface area (Å²) in [6.07, 6.45) is 9.01. The summed E-state index contributed by atoms with van der Waals surface area (Å²) in [5.41, 5.74) is 5.67. The summed E-state index contributed by atoms with van der Waals surface area (Å²) in [5, 5.41) is 7.96. The lowest BCUT2D eigenvalue weighted by atomic mass is 9.86. The molecule has 4 heteroatoms. The average molecular weight is 223 g/mol. The molecular formula is C12H21N3O. The molecule has 1 saturated carbocycles. The Morgan fingerprint density at radius 2 is 2.06 bits per heavy atom. The molecule has 1 heterocycles. The van der Waals surface area contributed by atoms with Gasteiger partial charge in [-0.25, -0.2) is 0 Å². The van der Waals surface area contributed by atoms with Gasteiger partial charge in [-0.2, -0.15) is 0 Å². The Hall–Kier alpha value is -0.900. The Kier molecular flexibility index (Phi) is 3.93. The Morgan fingerprint density at radius 1 is 1.31 bits per heavy atom. The van der Waals surface area contributed by atoms with E-state index < -0.39 is 0 Å². The minimum absolute atomic E-state index is 0.157. The van der Waals surface area contributed by atoms with Crippen molar-refractivity contribution in [2.75, 3.05) is 0 Å². The summed E-state index contributed by atoms with van der Waals surface area (Å²) in [4.78, 5) is 0. The number of nitrogens with zero attached hydrogens (tertiary/aromatic N) is 2. The molecule has 16 heavy (non-hydrogen) atoms. The molecule has 1 aromatic heterocycles. The predicted molar refractivity (Wildman–Crippen MR) is 61.8 cm³/mol. The number of aryl methyl sites for hydroxylation is 1. The molecule has 0 saturated heterocycles. The van der Waals surface area contributed by atoms with Crippen molar-refractivity contribution < 1.29 is 4.42 Å². The molecule has 0 amide bonds. The number of hydrogen-bond donors (Lipinski definition) is 1. The van der Waals surface area contributed by atoms with Gasteiger partial charge in [-0.3, -0.25) is 0 Å². The normalized spacial score (nSPS) is 19.9. The zero-order valence-corrected chi connectivity index (χ0v) is 9.98. The quantitative estimate of drug-likeness (QED) is 0.852. The van der Waals surface area contributed by atoms with Crippen molar-refractivity contribution in [1.82, 2.24) is 10.2 Å². The summed E-state index contributed by atoms with van der Waals surface area (Å²) in [7, 11) is 0. The van der Waals surface area contributed by atoms with Crippen LogP contribution in [0, 0.1) is 5.92 Å². The minimum atomic E-state index is -0.157. The molecule has 1 unspecified atom stereocenters. The highest BCUT2D eigenvalue weighted by atomic mass is 16.4. The maximum atomic E-state index is 5.67. The van der Waals surface area contributed by atoms with Crippen LogP contribution in [0.15, 0.2) is 4.42 Å². The molecule has 1 atom stereocenters. The number of nitrogens with two attached hydrogens (primary N) is 1. The lowest BCUT2D eigenvalue weighted by Crippen LogP contribution is -2.07. The third-order valence-electron chi connectivity index (χ3n) is 3.36. The van der Waals surface area contributed by atoms with Crippen molar-refractivity contribution in [3.8, 4) is 0 Å². The van der Waals surface area contributed by atoms with Crippen molar-refractivity contribution in [1.29, 1.82) is 0 Å². The van der Waals surface area contributed by atoms with E-state index in [9.17, 15) is 0 Å².